The Labute approximate surface area is 185 Å². The zero-order chi connectivity index (χ0) is 22.2. The highest BCUT2D eigenvalue weighted by Gasteiger charge is 2.18. The number of hydrogen-bond donors (Lipinski definition) is 1. The van der Waals surface area contributed by atoms with E-state index in [0.29, 0.717) is 19.2 Å². The van der Waals surface area contributed by atoms with Crippen molar-refractivity contribution in [2.75, 3.05) is 33.4 Å². The summed E-state index contributed by atoms with van der Waals surface area (Å²) in [6, 6.07) is 8.45. The van der Waals surface area contributed by atoms with Crippen LogP contribution in [0, 0.1) is 13.8 Å². The van der Waals surface area contributed by atoms with E-state index in [2.05, 4.69) is 22.4 Å². The molecule has 1 aliphatic rings. The van der Waals surface area contributed by atoms with Gasteiger partial charge in [0, 0.05) is 56.7 Å². The standard InChI is InChI=1S/C24H34N4O3/c1-18-23(19(2)28(4)26-18)8-9-24(29)25-17-20-6-5-7-22(16-20)31-15-12-27(3)21-10-13-30-14-11-21/h5-9,16,21H,10-15,17H2,1-4H3,(H,25,29)/b9-8+. The average molecular weight is 427 g/mol. The number of nitrogens with zero attached hydrogens (tertiary/aromatic N) is 3. The van der Waals surface area contributed by atoms with Gasteiger partial charge in [-0.25, -0.2) is 0 Å². The van der Waals surface area contributed by atoms with Gasteiger partial charge >= 0.3 is 0 Å². The Hall–Kier alpha value is -2.64. The number of likely N-dealkylation sites (N-methyl/N-ethyl adjacent to an activating group) is 1. The molecule has 0 atom stereocenters. The molecular formula is C24H34N4O3. The Morgan fingerprint density at radius 2 is 2.13 bits per heavy atom. The van der Waals surface area contributed by atoms with Crippen molar-refractivity contribution in [3.8, 4) is 5.75 Å². The third kappa shape index (κ3) is 6.67. The number of carbonyl (C=O) groups is 1. The summed E-state index contributed by atoms with van der Waals surface area (Å²) < 4.78 is 13.2. The van der Waals surface area contributed by atoms with Crippen molar-refractivity contribution >= 4 is 12.0 Å². The summed E-state index contributed by atoms with van der Waals surface area (Å²) in [4.78, 5) is 14.6. The first-order valence-corrected chi connectivity index (χ1v) is 10.9. The first kappa shape index (κ1) is 23.0. The molecule has 0 saturated carbocycles. The lowest BCUT2D eigenvalue weighted by molar-refractivity contribution is -0.116. The molecule has 1 N–H and O–H groups in total. The highest BCUT2D eigenvalue weighted by Crippen LogP contribution is 2.16. The van der Waals surface area contributed by atoms with Gasteiger partial charge in [-0.2, -0.15) is 5.10 Å². The fourth-order valence-electron chi connectivity index (χ4n) is 3.80. The van der Waals surface area contributed by atoms with Crippen molar-refractivity contribution in [1.82, 2.24) is 20.0 Å². The topological polar surface area (TPSA) is 68.6 Å². The molecule has 1 aromatic carbocycles. The van der Waals surface area contributed by atoms with Crippen LogP contribution in [-0.2, 0) is 23.1 Å². The fraction of sp³-hybridized carbons (Fsp3) is 0.500. The van der Waals surface area contributed by atoms with Crippen molar-refractivity contribution in [3.63, 3.8) is 0 Å². The van der Waals surface area contributed by atoms with Crippen LogP contribution in [0.15, 0.2) is 30.3 Å². The molecule has 0 aliphatic carbocycles. The zero-order valence-electron chi connectivity index (χ0n) is 19.1. The summed E-state index contributed by atoms with van der Waals surface area (Å²) in [7, 11) is 4.05. The molecule has 2 aromatic rings. The van der Waals surface area contributed by atoms with Gasteiger partial charge in [0.2, 0.25) is 5.91 Å². The summed E-state index contributed by atoms with van der Waals surface area (Å²) in [5.74, 6) is 0.691. The molecule has 1 saturated heterocycles. The molecule has 7 nitrogen and oxygen atoms in total. The van der Waals surface area contributed by atoms with Crippen LogP contribution in [0.2, 0.25) is 0 Å². The first-order valence-electron chi connectivity index (χ1n) is 10.9. The molecule has 0 radical (unpaired) electrons. The molecule has 0 spiro atoms. The van der Waals surface area contributed by atoms with Gasteiger partial charge in [-0.15, -0.1) is 0 Å². The van der Waals surface area contributed by atoms with Crippen LogP contribution < -0.4 is 10.1 Å². The highest BCUT2D eigenvalue weighted by molar-refractivity contribution is 5.91. The van der Waals surface area contributed by atoms with Crippen LogP contribution in [0.1, 0.15) is 35.4 Å². The smallest absolute Gasteiger partial charge is 0.244 e. The second-order valence-corrected chi connectivity index (χ2v) is 8.08. The lowest BCUT2D eigenvalue weighted by atomic mass is 10.1. The predicted octanol–water partition coefficient (Wildman–Crippen LogP) is 2.86. The molecule has 1 fully saturated rings. The molecule has 2 heterocycles. The zero-order valence-corrected chi connectivity index (χ0v) is 19.1. The molecule has 0 bridgehead atoms. The number of hydrogen-bond acceptors (Lipinski definition) is 5. The molecule has 1 amide bonds. The Kier molecular flexibility index (Phi) is 8.26. The van der Waals surface area contributed by atoms with Gasteiger partial charge in [0.05, 0.1) is 5.69 Å². The van der Waals surface area contributed by atoms with Gasteiger partial charge < -0.3 is 14.8 Å². The monoisotopic (exact) mass is 426 g/mol. The van der Waals surface area contributed by atoms with Gasteiger partial charge in [-0.1, -0.05) is 12.1 Å². The number of carbonyl (C=O) groups excluding carboxylic acids is 1. The number of aryl methyl sites for hydroxylation is 2. The third-order valence-corrected chi connectivity index (χ3v) is 5.86. The lowest BCUT2D eigenvalue weighted by Gasteiger charge is -2.31. The maximum absolute atomic E-state index is 12.2. The van der Waals surface area contributed by atoms with E-state index in [1.165, 1.54) is 0 Å². The summed E-state index contributed by atoms with van der Waals surface area (Å²) in [6.45, 7) is 7.59. The fourth-order valence-corrected chi connectivity index (χ4v) is 3.80. The van der Waals surface area contributed by atoms with Gasteiger partial charge in [-0.3, -0.25) is 14.4 Å². The summed E-state index contributed by atoms with van der Waals surface area (Å²) in [5.41, 5.74) is 3.94. The Morgan fingerprint density at radius 3 is 2.84 bits per heavy atom. The number of amides is 1. The van der Waals surface area contributed by atoms with E-state index in [0.717, 1.165) is 60.9 Å². The maximum Gasteiger partial charge on any atom is 0.244 e. The van der Waals surface area contributed by atoms with E-state index in [1.54, 1.807) is 6.08 Å². The second-order valence-electron chi connectivity index (χ2n) is 8.08. The van der Waals surface area contributed by atoms with E-state index in [4.69, 9.17) is 9.47 Å². The maximum atomic E-state index is 12.2. The van der Waals surface area contributed by atoms with Crippen LogP contribution in [-0.4, -0.2) is 60.0 Å². The van der Waals surface area contributed by atoms with Crippen LogP contribution in [0.25, 0.3) is 6.08 Å². The van der Waals surface area contributed by atoms with Crippen LogP contribution >= 0.6 is 0 Å². The molecule has 1 aliphatic heterocycles. The molecule has 3 rings (SSSR count). The van der Waals surface area contributed by atoms with E-state index < -0.39 is 0 Å². The van der Waals surface area contributed by atoms with E-state index in [1.807, 2.05) is 55.9 Å². The van der Waals surface area contributed by atoms with Crippen LogP contribution in [0.3, 0.4) is 0 Å². The summed E-state index contributed by atoms with van der Waals surface area (Å²) in [6.07, 6.45) is 5.55. The van der Waals surface area contributed by atoms with Crippen molar-refractivity contribution < 1.29 is 14.3 Å². The largest absolute Gasteiger partial charge is 0.492 e. The van der Waals surface area contributed by atoms with Gasteiger partial charge in [0.25, 0.3) is 0 Å². The minimum absolute atomic E-state index is 0.132. The second kappa shape index (κ2) is 11.1. The minimum atomic E-state index is -0.132. The minimum Gasteiger partial charge on any atom is -0.492 e. The molecule has 31 heavy (non-hydrogen) atoms. The van der Waals surface area contributed by atoms with Gasteiger partial charge in [-0.05, 0) is 57.5 Å². The number of rotatable bonds is 9. The predicted molar refractivity (Wildman–Crippen MR) is 122 cm³/mol. The quantitative estimate of drug-likeness (QED) is 0.625. The summed E-state index contributed by atoms with van der Waals surface area (Å²) in [5, 5.41) is 7.30. The Balaban J connectivity index is 1.44. The van der Waals surface area contributed by atoms with Crippen molar-refractivity contribution in [1.29, 1.82) is 0 Å². The van der Waals surface area contributed by atoms with Gasteiger partial charge in [0.15, 0.2) is 0 Å². The Morgan fingerprint density at radius 1 is 1.35 bits per heavy atom. The van der Waals surface area contributed by atoms with Crippen molar-refractivity contribution in [2.24, 2.45) is 7.05 Å². The van der Waals surface area contributed by atoms with E-state index >= 15 is 0 Å². The first-order chi connectivity index (χ1) is 14.9. The van der Waals surface area contributed by atoms with E-state index in [-0.39, 0.29) is 5.91 Å². The lowest BCUT2D eigenvalue weighted by Crippen LogP contribution is -2.38. The van der Waals surface area contributed by atoms with Crippen molar-refractivity contribution in [2.45, 2.75) is 39.3 Å². The molecule has 7 heteroatoms. The van der Waals surface area contributed by atoms with Crippen LogP contribution in [0.5, 0.6) is 5.75 Å². The highest BCUT2D eigenvalue weighted by atomic mass is 16.5. The number of aromatic nitrogens is 2. The normalized spacial score (nSPS) is 15.0. The molecular weight excluding hydrogens is 392 g/mol. The Bertz CT molecular complexity index is 900. The number of nitrogens with one attached hydrogen (secondary N) is 1. The van der Waals surface area contributed by atoms with Crippen LogP contribution in [0.4, 0.5) is 0 Å². The SMILES string of the molecule is Cc1nn(C)c(C)c1/C=C/C(=O)NCc1cccc(OCCN(C)C2CCOCC2)c1. The molecule has 0 unspecified atom stereocenters. The average Bonchev–Trinajstić information content (AvgIpc) is 3.02. The van der Waals surface area contributed by atoms with Gasteiger partial charge in [0.1, 0.15) is 12.4 Å². The molecule has 1 aromatic heterocycles. The number of ether oxygens (including phenoxy) is 2. The third-order valence-electron chi connectivity index (χ3n) is 5.86. The molecule has 168 valence electrons. The van der Waals surface area contributed by atoms with E-state index in [9.17, 15) is 4.79 Å². The summed E-state index contributed by atoms with van der Waals surface area (Å²) >= 11 is 0. The van der Waals surface area contributed by atoms with Crippen molar-refractivity contribution in [3.05, 3.63) is 52.9 Å². The number of benzene rings is 1.